The summed E-state index contributed by atoms with van der Waals surface area (Å²) in [6.45, 7) is 2.57. The molecule has 0 aromatic heterocycles. The minimum atomic E-state index is -0.0415. The molecule has 0 aliphatic heterocycles. The lowest BCUT2D eigenvalue weighted by atomic mass is 10.1. The first kappa shape index (κ1) is 13.2. The van der Waals surface area contributed by atoms with Gasteiger partial charge in [-0.15, -0.1) is 0 Å². The van der Waals surface area contributed by atoms with Gasteiger partial charge in [-0.1, -0.05) is 48.6 Å². The van der Waals surface area contributed by atoms with Gasteiger partial charge in [-0.2, -0.15) is 0 Å². The first-order valence-corrected chi connectivity index (χ1v) is 5.98. The molecule has 0 saturated heterocycles. The SMILES string of the molecule is CCNC(=O)C=CC=CCCc1ccccc1. The molecule has 17 heavy (non-hydrogen) atoms. The number of hydrogen-bond donors (Lipinski definition) is 1. The van der Waals surface area contributed by atoms with E-state index in [1.54, 1.807) is 12.2 Å². The molecule has 0 spiro atoms. The number of carbonyl (C=O) groups excluding carboxylic acids is 1. The summed E-state index contributed by atoms with van der Waals surface area (Å²) in [5.41, 5.74) is 1.34. The number of allylic oxidation sites excluding steroid dienone is 3. The monoisotopic (exact) mass is 229 g/mol. The van der Waals surface area contributed by atoms with E-state index in [-0.39, 0.29) is 5.91 Å². The van der Waals surface area contributed by atoms with Crippen LogP contribution < -0.4 is 5.32 Å². The molecule has 0 radical (unpaired) electrons. The molecule has 1 aromatic carbocycles. The number of hydrogen-bond acceptors (Lipinski definition) is 1. The maximum atomic E-state index is 11.1. The van der Waals surface area contributed by atoms with E-state index in [0.717, 1.165) is 12.8 Å². The lowest BCUT2D eigenvalue weighted by Gasteiger charge is -1.95. The lowest BCUT2D eigenvalue weighted by molar-refractivity contribution is -0.116. The van der Waals surface area contributed by atoms with Crippen molar-refractivity contribution in [2.75, 3.05) is 6.54 Å². The molecule has 0 heterocycles. The van der Waals surface area contributed by atoms with Crippen LogP contribution in [0.5, 0.6) is 0 Å². The van der Waals surface area contributed by atoms with Crippen LogP contribution in [0.3, 0.4) is 0 Å². The Bertz CT molecular complexity index is 379. The summed E-state index contributed by atoms with van der Waals surface area (Å²) in [5, 5.41) is 2.70. The number of aryl methyl sites for hydroxylation is 1. The van der Waals surface area contributed by atoms with Gasteiger partial charge in [-0.3, -0.25) is 4.79 Å². The summed E-state index contributed by atoms with van der Waals surface area (Å²) in [6, 6.07) is 10.4. The largest absolute Gasteiger partial charge is 0.353 e. The van der Waals surface area contributed by atoms with Crippen molar-refractivity contribution in [1.29, 1.82) is 0 Å². The maximum absolute atomic E-state index is 11.1. The molecule has 0 atom stereocenters. The summed E-state index contributed by atoms with van der Waals surface area (Å²) < 4.78 is 0. The third kappa shape index (κ3) is 6.36. The normalized spacial score (nSPS) is 11.1. The Morgan fingerprint density at radius 3 is 2.71 bits per heavy atom. The highest BCUT2D eigenvalue weighted by atomic mass is 16.1. The van der Waals surface area contributed by atoms with Gasteiger partial charge in [0.15, 0.2) is 0 Å². The first-order valence-electron chi connectivity index (χ1n) is 5.98. The second-order valence-electron chi connectivity index (χ2n) is 3.71. The summed E-state index contributed by atoms with van der Waals surface area (Å²) >= 11 is 0. The summed E-state index contributed by atoms with van der Waals surface area (Å²) in [6.07, 6.45) is 9.33. The second kappa shape index (κ2) is 8.34. The second-order valence-corrected chi connectivity index (χ2v) is 3.71. The molecule has 0 saturated carbocycles. The predicted molar refractivity (Wildman–Crippen MR) is 71.7 cm³/mol. The Morgan fingerprint density at radius 1 is 1.24 bits per heavy atom. The Kier molecular flexibility index (Phi) is 6.49. The third-order valence-corrected chi connectivity index (χ3v) is 2.29. The van der Waals surface area contributed by atoms with Crippen LogP contribution in [-0.4, -0.2) is 12.5 Å². The number of rotatable bonds is 6. The van der Waals surface area contributed by atoms with Gasteiger partial charge in [0.25, 0.3) is 0 Å². The molecular weight excluding hydrogens is 210 g/mol. The van der Waals surface area contributed by atoms with E-state index < -0.39 is 0 Å². The van der Waals surface area contributed by atoms with E-state index in [4.69, 9.17) is 0 Å². The average Bonchev–Trinajstić information content (AvgIpc) is 2.35. The van der Waals surface area contributed by atoms with Crippen molar-refractivity contribution in [3.63, 3.8) is 0 Å². The van der Waals surface area contributed by atoms with Crippen LogP contribution in [0.25, 0.3) is 0 Å². The Balaban J connectivity index is 2.21. The topological polar surface area (TPSA) is 29.1 Å². The molecule has 0 bridgehead atoms. The lowest BCUT2D eigenvalue weighted by Crippen LogP contribution is -2.19. The molecule has 0 aliphatic carbocycles. The Hall–Kier alpha value is -1.83. The summed E-state index contributed by atoms with van der Waals surface area (Å²) in [5.74, 6) is -0.0415. The van der Waals surface area contributed by atoms with Crippen LogP contribution in [0.2, 0.25) is 0 Å². The van der Waals surface area contributed by atoms with Crippen LogP contribution in [-0.2, 0) is 11.2 Å². The van der Waals surface area contributed by atoms with Crippen LogP contribution in [0.15, 0.2) is 54.6 Å². The van der Waals surface area contributed by atoms with E-state index in [2.05, 4.69) is 23.5 Å². The van der Waals surface area contributed by atoms with E-state index in [9.17, 15) is 4.79 Å². The number of nitrogens with one attached hydrogen (secondary N) is 1. The van der Waals surface area contributed by atoms with E-state index in [1.807, 2.05) is 31.2 Å². The Labute approximate surface area is 103 Å². The molecule has 2 heteroatoms. The molecule has 2 nitrogen and oxygen atoms in total. The van der Waals surface area contributed by atoms with E-state index in [1.165, 1.54) is 5.56 Å². The molecule has 0 fully saturated rings. The van der Waals surface area contributed by atoms with Crippen molar-refractivity contribution in [2.45, 2.75) is 19.8 Å². The van der Waals surface area contributed by atoms with Gasteiger partial charge in [-0.05, 0) is 25.3 Å². The highest BCUT2D eigenvalue weighted by molar-refractivity contribution is 5.87. The summed E-state index contributed by atoms with van der Waals surface area (Å²) in [7, 11) is 0. The third-order valence-electron chi connectivity index (χ3n) is 2.29. The quantitative estimate of drug-likeness (QED) is 0.590. The zero-order chi connectivity index (χ0) is 12.3. The van der Waals surface area contributed by atoms with Crippen LogP contribution in [0.4, 0.5) is 0 Å². The number of likely N-dealkylation sites (N-methyl/N-ethyl adjacent to an activating group) is 1. The molecule has 0 aliphatic rings. The highest BCUT2D eigenvalue weighted by Gasteiger charge is 1.88. The van der Waals surface area contributed by atoms with Gasteiger partial charge in [0.2, 0.25) is 5.91 Å². The molecule has 1 amide bonds. The molecule has 1 rings (SSSR count). The van der Waals surface area contributed by atoms with Crippen molar-refractivity contribution < 1.29 is 4.79 Å². The number of amides is 1. The fraction of sp³-hybridized carbons (Fsp3) is 0.267. The van der Waals surface area contributed by atoms with Gasteiger partial charge in [0.1, 0.15) is 0 Å². The van der Waals surface area contributed by atoms with Gasteiger partial charge < -0.3 is 5.32 Å². The molecule has 1 N–H and O–H groups in total. The van der Waals surface area contributed by atoms with Gasteiger partial charge in [0, 0.05) is 12.6 Å². The van der Waals surface area contributed by atoms with Crippen molar-refractivity contribution in [2.24, 2.45) is 0 Å². The van der Waals surface area contributed by atoms with Gasteiger partial charge >= 0.3 is 0 Å². The molecule has 0 unspecified atom stereocenters. The van der Waals surface area contributed by atoms with Crippen LogP contribution in [0.1, 0.15) is 18.9 Å². The molecule has 1 aromatic rings. The maximum Gasteiger partial charge on any atom is 0.243 e. The fourth-order valence-corrected chi connectivity index (χ4v) is 1.45. The molecule has 90 valence electrons. The minimum absolute atomic E-state index is 0.0415. The highest BCUT2D eigenvalue weighted by Crippen LogP contribution is 2.02. The van der Waals surface area contributed by atoms with E-state index in [0.29, 0.717) is 6.54 Å². The Morgan fingerprint density at radius 2 is 2.00 bits per heavy atom. The van der Waals surface area contributed by atoms with Crippen molar-refractivity contribution in [3.8, 4) is 0 Å². The van der Waals surface area contributed by atoms with Crippen LogP contribution in [0, 0.1) is 0 Å². The van der Waals surface area contributed by atoms with Gasteiger partial charge in [0.05, 0.1) is 0 Å². The van der Waals surface area contributed by atoms with E-state index >= 15 is 0 Å². The molecular formula is C15H19NO. The van der Waals surface area contributed by atoms with Gasteiger partial charge in [-0.25, -0.2) is 0 Å². The van der Waals surface area contributed by atoms with Crippen molar-refractivity contribution in [1.82, 2.24) is 5.32 Å². The standard InChI is InChI=1S/C15H19NO/c1-2-16-15(17)13-9-4-3-6-10-14-11-7-5-8-12-14/h3-5,7-9,11-13H,2,6,10H2,1H3,(H,16,17). The zero-order valence-electron chi connectivity index (χ0n) is 10.2. The first-order chi connectivity index (χ1) is 8.33. The number of carbonyl (C=O) groups is 1. The average molecular weight is 229 g/mol. The predicted octanol–water partition coefficient (Wildman–Crippen LogP) is 2.87. The fourth-order valence-electron chi connectivity index (χ4n) is 1.45. The van der Waals surface area contributed by atoms with Crippen molar-refractivity contribution in [3.05, 3.63) is 60.2 Å². The van der Waals surface area contributed by atoms with Crippen molar-refractivity contribution >= 4 is 5.91 Å². The summed E-state index contributed by atoms with van der Waals surface area (Å²) in [4.78, 5) is 11.1. The minimum Gasteiger partial charge on any atom is -0.353 e. The number of benzene rings is 1. The van der Waals surface area contributed by atoms with Crippen LogP contribution >= 0.6 is 0 Å². The smallest absolute Gasteiger partial charge is 0.243 e. The zero-order valence-corrected chi connectivity index (χ0v) is 10.2.